The van der Waals surface area contributed by atoms with Crippen LogP contribution in [0.1, 0.15) is 32.1 Å². The molecule has 3 N–H and O–H groups in total. The molecule has 1 unspecified atom stereocenters. The van der Waals surface area contributed by atoms with Gasteiger partial charge in [0.15, 0.2) is 0 Å². The van der Waals surface area contributed by atoms with E-state index >= 15 is 0 Å². The molecule has 1 heterocycles. The SMILES string of the molecule is CC(C)CC(C)NS(=O)(=O)c1ccc(CN)s1. The van der Waals surface area contributed by atoms with Crippen molar-refractivity contribution < 1.29 is 8.42 Å². The van der Waals surface area contributed by atoms with Gasteiger partial charge < -0.3 is 5.73 Å². The van der Waals surface area contributed by atoms with Crippen LogP contribution in [-0.4, -0.2) is 14.5 Å². The van der Waals surface area contributed by atoms with Gasteiger partial charge in [-0.15, -0.1) is 11.3 Å². The number of nitrogens with one attached hydrogen (secondary N) is 1. The number of thiophene rings is 1. The molecule has 0 spiro atoms. The highest BCUT2D eigenvalue weighted by atomic mass is 32.2. The molecule has 17 heavy (non-hydrogen) atoms. The molecule has 98 valence electrons. The van der Waals surface area contributed by atoms with Crippen molar-refractivity contribution in [3.8, 4) is 0 Å². The Balaban J connectivity index is 2.74. The molecule has 0 fully saturated rings. The van der Waals surface area contributed by atoms with E-state index in [0.717, 1.165) is 11.3 Å². The van der Waals surface area contributed by atoms with Crippen LogP contribution < -0.4 is 10.5 Å². The van der Waals surface area contributed by atoms with Gasteiger partial charge in [0.2, 0.25) is 10.0 Å². The molecule has 0 saturated carbocycles. The molecule has 0 saturated heterocycles. The van der Waals surface area contributed by atoms with Gasteiger partial charge in [0.1, 0.15) is 4.21 Å². The summed E-state index contributed by atoms with van der Waals surface area (Å²) in [6.07, 6.45) is 0.828. The third-order valence-electron chi connectivity index (χ3n) is 2.28. The van der Waals surface area contributed by atoms with Crippen molar-refractivity contribution in [2.45, 2.75) is 44.0 Å². The number of hydrogen-bond donors (Lipinski definition) is 2. The minimum atomic E-state index is -3.38. The molecule has 1 aromatic rings. The maximum absolute atomic E-state index is 12.0. The van der Waals surface area contributed by atoms with Crippen molar-refractivity contribution in [2.24, 2.45) is 11.7 Å². The van der Waals surface area contributed by atoms with E-state index in [4.69, 9.17) is 5.73 Å². The summed E-state index contributed by atoms with van der Waals surface area (Å²) < 4.78 is 27.0. The van der Waals surface area contributed by atoms with Crippen LogP contribution in [0, 0.1) is 5.92 Å². The molecule has 0 amide bonds. The van der Waals surface area contributed by atoms with Gasteiger partial charge in [0, 0.05) is 17.5 Å². The van der Waals surface area contributed by atoms with Crippen LogP contribution in [0.2, 0.25) is 0 Å². The van der Waals surface area contributed by atoms with Crippen LogP contribution in [0.3, 0.4) is 0 Å². The van der Waals surface area contributed by atoms with Crippen molar-refractivity contribution >= 4 is 21.4 Å². The first-order valence-electron chi connectivity index (χ1n) is 5.66. The van der Waals surface area contributed by atoms with Crippen LogP contribution in [0.4, 0.5) is 0 Å². The molecule has 0 aliphatic heterocycles. The topological polar surface area (TPSA) is 72.2 Å². The standard InChI is InChI=1S/C11H20N2O2S2/c1-8(2)6-9(3)13-17(14,15)11-5-4-10(7-12)16-11/h4-5,8-9,13H,6-7,12H2,1-3H3. The predicted octanol–water partition coefficient (Wildman–Crippen LogP) is 1.92. The normalized spacial score (nSPS) is 14.2. The Morgan fingerprint density at radius 3 is 2.47 bits per heavy atom. The smallest absolute Gasteiger partial charge is 0.250 e. The van der Waals surface area contributed by atoms with E-state index in [-0.39, 0.29) is 6.04 Å². The molecule has 1 rings (SSSR count). The fourth-order valence-electron chi connectivity index (χ4n) is 1.69. The van der Waals surface area contributed by atoms with Crippen molar-refractivity contribution in [3.63, 3.8) is 0 Å². The lowest BCUT2D eigenvalue weighted by Gasteiger charge is -2.15. The van der Waals surface area contributed by atoms with E-state index in [1.54, 1.807) is 12.1 Å². The third-order valence-corrected chi connectivity index (χ3v) is 5.47. The largest absolute Gasteiger partial charge is 0.326 e. The monoisotopic (exact) mass is 276 g/mol. The van der Waals surface area contributed by atoms with Crippen LogP contribution >= 0.6 is 11.3 Å². The highest BCUT2D eigenvalue weighted by Crippen LogP contribution is 2.21. The van der Waals surface area contributed by atoms with Crippen LogP contribution in [0.15, 0.2) is 16.3 Å². The van der Waals surface area contributed by atoms with Crippen molar-refractivity contribution in [2.75, 3.05) is 0 Å². The van der Waals surface area contributed by atoms with Gasteiger partial charge in [-0.05, 0) is 31.4 Å². The van der Waals surface area contributed by atoms with Crippen LogP contribution in [0.25, 0.3) is 0 Å². The van der Waals surface area contributed by atoms with E-state index in [0.29, 0.717) is 16.7 Å². The summed E-state index contributed by atoms with van der Waals surface area (Å²) in [7, 11) is -3.38. The first kappa shape index (κ1) is 14.6. The number of hydrogen-bond acceptors (Lipinski definition) is 4. The number of nitrogens with two attached hydrogens (primary N) is 1. The molecular formula is C11H20N2O2S2. The fourth-order valence-corrected chi connectivity index (χ4v) is 4.20. The second-order valence-electron chi connectivity index (χ2n) is 4.58. The predicted molar refractivity (Wildman–Crippen MR) is 71.4 cm³/mol. The molecule has 0 aliphatic rings. The highest BCUT2D eigenvalue weighted by Gasteiger charge is 2.19. The molecule has 0 aliphatic carbocycles. The highest BCUT2D eigenvalue weighted by molar-refractivity contribution is 7.91. The number of rotatable bonds is 6. The summed E-state index contributed by atoms with van der Waals surface area (Å²) >= 11 is 1.23. The summed E-state index contributed by atoms with van der Waals surface area (Å²) in [5.74, 6) is 0.468. The Morgan fingerprint density at radius 2 is 2.00 bits per heavy atom. The lowest BCUT2D eigenvalue weighted by molar-refractivity contribution is 0.483. The minimum absolute atomic E-state index is 0.0524. The van der Waals surface area contributed by atoms with Gasteiger partial charge in [-0.3, -0.25) is 0 Å². The second-order valence-corrected chi connectivity index (χ2v) is 7.69. The lowest BCUT2D eigenvalue weighted by Crippen LogP contribution is -2.33. The first-order valence-corrected chi connectivity index (χ1v) is 7.96. The molecule has 0 radical (unpaired) electrons. The zero-order valence-electron chi connectivity index (χ0n) is 10.4. The summed E-state index contributed by atoms with van der Waals surface area (Å²) in [5, 5.41) is 0. The minimum Gasteiger partial charge on any atom is -0.326 e. The molecule has 0 aromatic carbocycles. The van der Waals surface area contributed by atoms with E-state index in [1.165, 1.54) is 11.3 Å². The van der Waals surface area contributed by atoms with Gasteiger partial charge >= 0.3 is 0 Å². The molecular weight excluding hydrogens is 256 g/mol. The zero-order chi connectivity index (χ0) is 13.1. The average Bonchev–Trinajstić information content (AvgIpc) is 2.63. The Kier molecular flexibility index (Phi) is 5.12. The van der Waals surface area contributed by atoms with E-state index in [1.807, 2.05) is 6.92 Å². The van der Waals surface area contributed by atoms with Gasteiger partial charge in [0.25, 0.3) is 0 Å². The Labute approximate surface area is 107 Å². The maximum Gasteiger partial charge on any atom is 0.250 e. The Hall–Kier alpha value is -0.430. The summed E-state index contributed by atoms with van der Waals surface area (Å²) in [6.45, 7) is 6.40. The maximum atomic E-state index is 12.0. The van der Waals surface area contributed by atoms with E-state index in [2.05, 4.69) is 18.6 Å². The van der Waals surface area contributed by atoms with E-state index in [9.17, 15) is 8.42 Å². The third kappa shape index (κ3) is 4.39. The Bertz CT molecular complexity index is 452. The van der Waals surface area contributed by atoms with Crippen molar-refractivity contribution in [1.82, 2.24) is 4.72 Å². The molecule has 4 nitrogen and oxygen atoms in total. The van der Waals surface area contributed by atoms with Crippen molar-refractivity contribution in [1.29, 1.82) is 0 Å². The summed E-state index contributed by atoms with van der Waals surface area (Å²) in [6, 6.07) is 3.31. The first-order chi connectivity index (χ1) is 7.85. The van der Waals surface area contributed by atoms with Gasteiger partial charge in [-0.1, -0.05) is 13.8 Å². The Morgan fingerprint density at radius 1 is 1.35 bits per heavy atom. The molecule has 1 aromatic heterocycles. The van der Waals surface area contributed by atoms with Gasteiger partial charge in [-0.25, -0.2) is 13.1 Å². The fraction of sp³-hybridized carbons (Fsp3) is 0.636. The molecule has 6 heteroatoms. The quantitative estimate of drug-likeness (QED) is 0.834. The van der Waals surface area contributed by atoms with Gasteiger partial charge in [0.05, 0.1) is 0 Å². The summed E-state index contributed by atoms with van der Waals surface area (Å²) in [5.41, 5.74) is 5.47. The van der Waals surface area contributed by atoms with Crippen LogP contribution in [0.5, 0.6) is 0 Å². The zero-order valence-corrected chi connectivity index (χ0v) is 12.1. The van der Waals surface area contributed by atoms with Crippen molar-refractivity contribution in [3.05, 3.63) is 17.0 Å². The van der Waals surface area contributed by atoms with E-state index < -0.39 is 10.0 Å². The summed E-state index contributed by atoms with van der Waals surface area (Å²) in [4.78, 5) is 0.877. The molecule has 1 atom stereocenters. The number of sulfonamides is 1. The second kappa shape index (κ2) is 5.95. The average molecular weight is 276 g/mol. The van der Waals surface area contributed by atoms with Gasteiger partial charge in [-0.2, -0.15) is 0 Å². The lowest BCUT2D eigenvalue weighted by atomic mass is 10.1. The van der Waals surface area contributed by atoms with Crippen LogP contribution in [-0.2, 0) is 16.6 Å². The molecule has 0 bridgehead atoms.